The van der Waals surface area contributed by atoms with Crippen LogP contribution in [-0.4, -0.2) is 36.3 Å². The molecule has 3 heterocycles. The Kier molecular flexibility index (Phi) is 5.27. The van der Waals surface area contributed by atoms with Gasteiger partial charge in [0.05, 0.1) is 17.4 Å². The lowest BCUT2D eigenvalue weighted by molar-refractivity contribution is -0.126. The third kappa shape index (κ3) is 3.72. The molecule has 0 saturated carbocycles. The van der Waals surface area contributed by atoms with Crippen molar-refractivity contribution in [3.8, 4) is 0 Å². The molecule has 1 atom stereocenters. The van der Waals surface area contributed by atoms with Crippen molar-refractivity contribution in [1.82, 2.24) is 14.2 Å². The standard InChI is InChI=1S/C20H23N3O3S2/c1-22-10-8-15-12-18(6-7-19(15)22)28(25,26)23-9-2-4-16(14-23)20(24)21-13-17-5-3-11-27-17/h3,5-8,10-12,16H,2,4,9,13-14H2,1H3,(H,21,24)/t16-/m0/s1. The highest BCUT2D eigenvalue weighted by atomic mass is 32.2. The molecule has 3 aromatic rings. The molecule has 1 fully saturated rings. The van der Waals surface area contributed by atoms with E-state index >= 15 is 0 Å². The van der Waals surface area contributed by atoms with Gasteiger partial charge in [-0.05, 0) is 48.6 Å². The Morgan fingerprint density at radius 1 is 1.29 bits per heavy atom. The number of hydrogen-bond acceptors (Lipinski definition) is 4. The monoisotopic (exact) mass is 417 g/mol. The fourth-order valence-corrected chi connectivity index (χ4v) is 5.88. The van der Waals surface area contributed by atoms with Gasteiger partial charge in [-0.2, -0.15) is 4.31 Å². The molecule has 4 rings (SSSR count). The highest BCUT2D eigenvalue weighted by molar-refractivity contribution is 7.89. The Balaban J connectivity index is 1.48. The van der Waals surface area contributed by atoms with Gasteiger partial charge in [-0.3, -0.25) is 4.79 Å². The van der Waals surface area contributed by atoms with Gasteiger partial charge in [-0.15, -0.1) is 11.3 Å². The first-order chi connectivity index (χ1) is 13.4. The van der Waals surface area contributed by atoms with E-state index in [0.29, 0.717) is 25.9 Å². The van der Waals surface area contributed by atoms with Gasteiger partial charge in [0, 0.05) is 42.1 Å². The molecule has 6 nitrogen and oxygen atoms in total. The number of hydrogen-bond donors (Lipinski definition) is 1. The molecule has 28 heavy (non-hydrogen) atoms. The van der Waals surface area contributed by atoms with Crippen LogP contribution in [0, 0.1) is 5.92 Å². The minimum atomic E-state index is -3.62. The molecule has 0 radical (unpaired) electrons. The molecule has 0 spiro atoms. The highest BCUT2D eigenvalue weighted by Gasteiger charge is 2.33. The number of rotatable bonds is 5. The van der Waals surface area contributed by atoms with E-state index in [4.69, 9.17) is 0 Å². The van der Waals surface area contributed by atoms with Crippen LogP contribution in [0.5, 0.6) is 0 Å². The van der Waals surface area contributed by atoms with Crippen LogP contribution >= 0.6 is 11.3 Å². The van der Waals surface area contributed by atoms with Crippen LogP contribution in [0.15, 0.2) is 52.9 Å². The number of amides is 1. The summed E-state index contributed by atoms with van der Waals surface area (Å²) in [6, 6.07) is 11.0. The summed E-state index contributed by atoms with van der Waals surface area (Å²) in [5.41, 5.74) is 0.989. The molecule has 1 saturated heterocycles. The maximum absolute atomic E-state index is 13.1. The van der Waals surface area contributed by atoms with Crippen LogP contribution in [0.2, 0.25) is 0 Å². The molecule has 0 unspecified atom stereocenters. The fourth-order valence-electron chi connectivity index (χ4n) is 3.68. The van der Waals surface area contributed by atoms with Crippen LogP contribution in [0.3, 0.4) is 0 Å². The maximum Gasteiger partial charge on any atom is 0.243 e. The largest absolute Gasteiger partial charge is 0.351 e. The van der Waals surface area contributed by atoms with Crippen LogP contribution in [0.25, 0.3) is 10.9 Å². The van der Waals surface area contributed by atoms with E-state index in [1.807, 2.05) is 47.5 Å². The van der Waals surface area contributed by atoms with E-state index in [2.05, 4.69) is 5.32 Å². The predicted molar refractivity (Wildman–Crippen MR) is 111 cm³/mol. The summed E-state index contributed by atoms with van der Waals surface area (Å²) >= 11 is 1.59. The Hall–Kier alpha value is -2.16. The molecule has 1 aromatic carbocycles. The van der Waals surface area contributed by atoms with Gasteiger partial charge in [0.1, 0.15) is 0 Å². The SMILES string of the molecule is Cn1ccc2cc(S(=O)(=O)N3CCC[C@H](C(=O)NCc4cccs4)C3)ccc21. The van der Waals surface area contributed by atoms with E-state index in [-0.39, 0.29) is 23.3 Å². The number of carbonyl (C=O) groups excluding carboxylic acids is 1. The first-order valence-corrected chi connectivity index (χ1v) is 11.6. The molecule has 0 bridgehead atoms. The van der Waals surface area contributed by atoms with Gasteiger partial charge in [0.2, 0.25) is 15.9 Å². The summed E-state index contributed by atoms with van der Waals surface area (Å²) in [5.74, 6) is -0.393. The van der Waals surface area contributed by atoms with Crippen molar-refractivity contribution in [1.29, 1.82) is 0 Å². The molecule has 1 aliphatic heterocycles. The number of nitrogens with zero attached hydrogens (tertiary/aromatic N) is 2. The number of nitrogens with one attached hydrogen (secondary N) is 1. The zero-order valence-corrected chi connectivity index (χ0v) is 17.3. The summed E-state index contributed by atoms with van der Waals surface area (Å²) in [6.07, 6.45) is 3.31. The molecule has 2 aromatic heterocycles. The minimum Gasteiger partial charge on any atom is -0.351 e. The Morgan fingerprint density at radius 3 is 2.93 bits per heavy atom. The number of fused-ring (bicyclic) bond motifs is 1. The van der Waals surface area contributed by atoms with Gasteiger partial charge in [0.25, 0.3) is 0 Å². The first-order valence-electron chi connectivity index (χ1n) is 9.30. The third-order valence-electron chi connectivity index (χ3n) is 5.27. The van der Waals surface area contributed by atoms with Crippen molar-refractivity contribution in [2.75, 3.05) is 13.1 Å². The van der Waals surface area contributed by atoms with E-state index in [1.54, 1.807) is 23.5 Å². The van der Waals surface area contributed by atoms with Gasteiger partial charge in [-0.25, -0.2) is 8.42 Å². The van der Waals surface area contributed by atoms with Crippen molar-refractivity contribution in [2.45, 2.75) is 24.3 Å². The number of piperidine rings is 1. The summed E-state index contributed by atoms with van der Waals surface area (Å²) in [4.78, 5) is 13.9. The number of thiophene rings is 1. The second-order valence-electron chi connectivity index (χ2n) is 7.15. The molecule has 1 amide bonds. The van der Waals surface area contributed by atoms with E-state index in [9.17, 15) is 13.2 Å². The lowest BCUT2D eigenvalue weighted by Gasteiger charge is -2.31. The van der Waals surface area contributed by atoms with Gasteiger partial charge in [0.15, 0.2) is 0 Å². The topological polar surface area (TPSA) is 71.4 Å². The average molecular weight is 418 g/mol. The Bertz CT molecular complexity index is 1090. The second kappa shape index (κ2) is 7.69. The van der Waals surface area contributed by atoms with E-state index in [1.165, 1.54) is 4.31 Å². The highest BCUT2D eigenvalue weighted by Crippen LogP contribution is 2.26. The molecule has 1 aliphatic rings. The lowest BCUT2D eigenvalue weighted by Crippen LogP contribution is -2.45. The van der Waals surface area contributed by atoms with Crippen molar-refractivity contribution < 1.29 is 13.2 Å². The number of sulfonamides is 1. The fraction of sp³-hybridized carbons (Fsp3) is 0.350. The normalized spacial score (nSPS) is 18.4. The van der Waals surface area contributed by atoms with Crippen molar-refractivity contribution >= 4 is 38.2 Å². The smallest absolute Gasteiger partial charge is 0.243 e. The van der Waals surface area contributed by atoms with Crippen LogP contribution in [0.4, 0.5) is 0 Å². The van der Waals surface area contributed by atoms with Gasteiger partial charge >= 0.3 is 0 Å². The van der Waals surface area contributed by atoms with Gasteiger partial charge < -0.3 is 9.88 Å². The van der Waals surface area contributed by atoms with E-state index < -0.39 is 10.0 Å². The Labute approximate surface area is 168 Å². The maximum atomic E-state index is 13.1. The van der Waals surface area contributed by atoms with Gasteiger partial charge in [-0.1, -0.05) is 6.07 Å². The molecular formula is C20H23N3O3S2. The average Bonchev–Trinajstić information content (AvgIpc) is 3.36. The number of benzene rings is 1. The van der Waals surface area contributed by atoms with Crippen LogP contribution in [0.1, 0.15) is 17.7 Å². The zero-order chi connectivity index (χ0) is 19.7. The van der Waals surface area contributed by atoms with Crippen LogP contribution < -0.4 is 5.32 Å². The number of carbonyl (C=O) groups is 1. The van der Waals surface area contributed by atoms with Crippen molar-refractivity contribution in [3.05, 3.63) is 52.9 Å². The molecule has 8 heteroatoms. The predicted octanol–water partition coefficient (Wildman–Crippen LogP) is 2.96. The summed E-state index contributed by atoms with van der Waals surface area (Å²) < 4.78 is 29.7. The second-order valence-corrected chi connectivity index (χ2v) is 10.1. The molecule has 0 aliphatic carbocycles. The first kappa shape index (κ1) is 19.2. The summed E-state index contributed by atoms with van der Waals surface area (Å²) in [6.45, 7) is 1.17. The van der Waals surface area contributed by atoms with Crippen molar-refractivity contribution in [3.63, 3.8) is 0 Å². The third-order valence-corrected chi connectivity index (χ3v) is 8.00. The Morgan fingerprint density at radius 2 is 2.14 bits per heavy atom. The number of aromatic nitrogens is 1. The van der Waals surface area contributed by atoms with E-state index in [0.717, 1.165) is 15.8 Å². The quantitative estimate of drug-likeness (QED) is 0.694. The lowest BCUT2D eigenvalue weighted by atomic mass is 9.99. The minimum absolute atomic E-state index is 0.0770. The summed E-state index contributed by atoms with van der Waals surface area (Å²) in [5, 5.41) is 5.81. The number of aryl methyl sites for hydroxylation is 1. The molecular weight excluding hydrogens is 394 g/mol. The summed E-state index contributed by atoms with van der Waals surface area (Å²) in [7, 11) is -1.69. The van der Waals surface area contributed by atoms with Crippen molar-refractivity contribution in [2.24, 2.45) is 13.0 Å². The zero-order valence-electron chi connectivity index (χ0n) is 15.7. The molecule has 148 valence electrons. The molecule has 1 N–H and O–H groups in total. The van der Waals surface area contributed by atoms with Crippen LogP contribution in [-0.2, 0) is 28.4 Å².